The van der Waals surface area contributed by atoms with Crippen molar-refractivity contribution in [1.82, 2.24) is 0 Å². The van der Waals surface area contributed by atoms with Gasteiger partial charge < -0.3 is 14.5 Å². The minimum absolute atomic E-state index is 0.198. The maximum absolute atomic E-state index is 12.9. The number of hydrogen-bond donors (Lipinski definition) is 1. The van der Waals surface area contributed by atoms with Crippen LogP contribution in [0.3, 0.4) is 0 Å². The predicted molar refractivity (Wildman–Crippen MR) is 116 cm³/mol. The van der Waals surface area contributed by atoms with Crippen molar-refractivity contribution in [1.29, 1.82) is 0 Å². The number of carbonyl (C=O) groups is 2. The van der Waals surface area contributed by atoms with Crippen molar-refractivity contribution < 1.29 is 18.7 Å². The Morgan fingerprint density at radius 1 is 1.17 bits per heavy atom. The van der Waals surface area contributed by atoms with E-state index in [1.807, 2.05) is 23.6 Å². The summed E-state index contributed by atoms with van der Waals surface area (Å²) >= 11 is 7.28. The number of ether oxygens (including phenoxy) is 1. The van der Waals surface area contributed by atoms with Crippen molar-refractivity contribution >= 4 is 39.8 Å². The standard InChI is InChI=1S/C22H22ClNO4S/c1-22(2,3)28-21(26)19-17(14-6-8-15(23)9-7-14)13-29-20(19)24-18(25)11-10-16-5-4-12-27-16/h4-9,12-13H,10-11H2,1-3H3,(H,24,25). The largest absolute Gasteiger partial charge is 0.469 e. The topological polar surface area (TPSA) is 68.5 Å². The summed E-state index contributed by atoms with van der Waals surface area (Å²) in [5.41, 5.74) is 1.21. The molecule has 0 spiro atoms. The summed E-state index contributed by atoms with van der Waals surface area (Å²) in [6, 6.07) is 10.8. The van der Waals surface area contributed by atoms with Crippen LogP contribution in [0.4, 0.5) is 5.00 Å². The fraction of sp³-hybridized carbons (Fsp3) is 0.273. The van der Waals surface area contributed by atoms with Gasteiger partial charge in [-0.15, -0.1) is 11.3 Å². The average Bonchev–Trinajstić information content (AvgIpc) is 3.29. The molecule has 1 aromatic carbocycles. The van der Waals surface area contributed by atoms with Crippen molar-refractivity contribution in [3.63, 3.8) is 0 Å². The van der Waals surface area contributed by atoms with Gasteiger partial charge in [0.05, 0.1) is 6.26 Å². The molecule has 1 amide bonds. The van der Waals surface area contributed by atoms with Crippen LogP contribution in [-0.4, -0.2) is 17.5 Å². The Hall–Kier alpha value is -2.57. The maximum atomic E-state index is 12.9. The lowest BCUT2D eigenvalue weighted by Gasteiger charge is -2.20. The second-order valence-electron chi connectivity index (χ2n) is 7.49. The monoisotopic (exact) mass is 431 g/mol. The molecule has 3 rings (SSSR count). The van der Waals surface area contributed by atoms with E-state index in [1.165, 1.54) is 11.3 Å². The van der Waals surface area contributed by atoms with E-state index in [9.17, 15) is 9.59 Å². The first-order valence-electron chi connectivity index (χ1n) is 9.16. The van der Waals surface area contributed by atoms with Gasteiger partial charge in [-0.1, -0.05) is 23.7 Å². The summed E-state index contributed by atoms with van der Waals surface area (Å²) in [5, 5.41) is 5.76. The molecule has 2 aromatic heterocycles. The van der Waals surface area contributed by atoms with E-state index in [0.29, 0.717) is 27.6 Å². The molecule has 1 N–H and O–H groups in total. The van der Waals surface area contributed by atoms with Gasteiger partial charge >= 0.3 is 5.97 Å². The third kappa shape index (κ3) is 5.71. The Morgan fingerprint density at radius 3 is 2.52 bits per heavy atom. The molecule has 0 fully saturated rings. The number of esters is 1. The van der Waals surface area contributed by atoms with Gasteiger partial charge in [-0.2, -0.15) is 0 Å². The Balaban J connectivity index is 1.86. The van der Waals surface area contributed by atoms with E-state index in [1.54, 1.807) is 45.2 Å². The number of aryl methyl sites for hydroxylation is 1. The van der Waals surface area contributed by atoms with Gasteiger partial charge in [0.2, 0.25) is 5.91 Å². The van der Waals surface area contributed by atoms with Gasteiger partial charge in [-0.05, 0) is 50.6 Å². The molecule has 0 saturated heterocycles. The zero-order valence-electron chi connectivity index (χ0n) is 16.5. The minimum Gasteiger partial charge on any atom is -0.469 e. The number of anilines is 1. The van der Waals surface area contributed by atoms with Crippen LogP contribution in [-0.2, 0) is 16.0 Å². The average molecular weight is 432 g/mol. The lowest BCUT2D eigenvalue weighted by molar-refractivity contribution is -0.116. The number of rotatable bonds is 6. The van der Waals surface area contributed by atoms with Crippen LogP contribution in [0.25, 0.3) is 11.1 Å². The van der Waals surface area contributed by atoms with E-state index < -0.39 is 11.6 Å². The normalized spacial score (nSPS) is 11.3. The van der Waals surface area contributed by atoms with Crippen LogP contribution in [0.15, 0.2) is 52.5 Å². The van der Waals surface area contributed by atoms with E-state index in [2.05, 4.69) is 5.32 Å². The zero-order valence-corrected chi connectivity index (χ0v) is 18.0. The number of amides is 1. The first-order valence-corrected chi connectivity index (χ1v) is 10.4. The summed E-state index contributed by atoms with van der Waals surface area (Å²) < 4.78 is 10.8. The van der Waals surface area contributed by atoms with Crippen LogP contribution < -0.4 is 5.32 Å². The molecule has 0 saturated carbocycles. The van der Waals surface area contributed by atoms with E-state index >= 15 is 0 Å². The number of furan rings is 1. The van der Waals surface area contributed by atoms with E-state index in [4.69, 9.17) is 20.8 Å². The molecule has 0 radical (unpaired) electrons. The van der Waals surface area contributed by atoms with Gasteiger partial charge in [0.25, 0.3) is 0 Å². The summed E-state index contributed by atoms with van der Waals surface area (Å²) in [6.45, 7) is 5.42. The summed E-state index contributed by atoms with van der Waals surface area (Å²) in [7, 11) is 0. The van der Waals surface area contributed by atoms with Crippen LogP contribution in [0.2, 0.25) is 5.02 Å². The summed E-state index contributed by atoms with van der Waals surface area (Å²) in [5.74, 6) is 0.0568. The van der Waals surface area contributed by atoms with Gasteiger partial charge in [0, 0.05) is 28.8 Å². The molecule has 0 bridgehead atoms. The van der Waals surface area contributed by atoms with Crippen LogP contribution >= 0.6 is 22.9 Å². The Morgan fingerprint density at radius 2 is 1.90 bits per heavy atom. The van der Waals surface area contributed by atoms with Crippen LogP contribution in [0, 0.1) is 0 Å². The molecule has 2 heterocycles. The Bertz CT molecular complexity index is 985. The fourth-order valence-corrected chi connectivity index (χ4v) is 3.80. The van der Waals surface area contributed by atoms with Gasteiger partial charge in [0.15, 0.2) is 0 Å². The molecule has 3 aromatic rings. The molecular formula is C22H22ClNO4S. The SMILES string of the molecule is CC(C)(C)OC(=O)c1c(-c2ccc(Cl)cc2)csc1NC(=O)CCc1ccco1. The van der Waals surface area contributed by atoms with Crippen molar-refractivity contribution in [2.45, 2.75) is 39.2 Å². The lowest BCUT2D eigenvalue weighted by Crippen LogP contribution is -2.25. The number of thiophene rings is 1. The highest BCUT2D eigenvalue weighted by Crippen LogP contribution is 2.37. The highest BCUT2D eigenvalue weighted by Gasteiger charge is 2.26. The first-order chi connectivity index (χ1) is 13.7. The lowest BCUT2D eigenvalue weighted by atomic mass is 10.0. The van der Waals surface area contributed by atoms with Crippen molar-refractivity contribution in [3.8, 4) is 11.1 Å². The van der Waals surface area contributed by atoms with E-state index in [-0.39, 0.29) is 12.3 Å². The fourth-order valence-electron chi connectivity index (χ4n) is 2.70. The van der Waals surface area contributed by atoms with Crippen molar-refractivity contribution in [3.05, 3.63) is 64.4 Å². The van der Waals surface area contributed by atoms with Gasteiger partial charge in [-0.3, -0.25) is 4.79 Å². The second-order valence-corrected chi connectivity index (χ2v) is 8.81. The number of carbonyl (C=O) groups excluding carboxylic acids is 2. The van der Waals surface area contributed by atoms with Crippen LogP contribution in [0.5, 0.6) is 0 Å². The highest BCUT2D eigenvalue weighted by atomic mass is 35.5. The van der Waals surface area contributed by atoms with E-state index in [0.717, 1.165) is 11.3 Å². The molecule has 0 aliphatic rings. The Kier molecular flexibility index (Phi) is 6.45. The quantitative estimate of drug-likeness (QED) is 0.472. The number of hydrogen-bond acceptors (Lipinski definition) is 5. The highest BCUT2D eigenvalue weighted by molar-refractivity contribution is 7.15. The zero-order chi connectivity index (χ0) is 21.0. The van der Waals surface area contributed by atoms with Crippen LogP contribution in [0.1, 0.15) is 43.3 Å². The van der Waals surface area contributed by atoms with Crippen molar-refractivity contribution in [2.24, 2.45) is 0 Å². The number of nitrogens with one attached hydrogen (secondary N) is 1. The molecule has 0 atom stereocenters. The van der Waals surface area contributed by atoms with Gasteiger partial charge in [0.1, 0.15) is 21.9 Å². The molecular weight excluding hydrogens is 410 g/mol. The summed E-state index contributed by atoms with van der Waals surface area (Å²) in [4.78, 5) is 25.4. The number of benzene rings is 1. The Labute approximate surface area is 178 Å². The molecule has 0 unspecified atom stereocenters. The second kappa shape index (κ2) is 8.84. The summed E-state index contributed by atoms with van der Waals surface area (Å²) in [6.07, 6.45) is 2.30. The predicted octanol–water partition coefficient (Wildman–Crippen LogP) is 6.19. The molecule has 5 nitrogen and oxygen atoms in total. The third-order valence-corrected chi connectivity index (χ3v) is 5.13. The first kappa shape index (κ1) is 21.1. The van der Waals surface area contributed by atoms with Crippen molar-refractivity contribution in [2.75, 3.05) is 5.32 Å². The maximum Gasteiger partial charge on any atom is 0.342 e. The molecule has 0 aliphatic heterocycles. The molecule has 152 valence electrons. The van der Waals surface area contributed by atoms with Gasteiger partial charge in [-0.25, -0.2) is 4.79 Å². The minimum atomic E-state index is -0.656. The third-order valence-electron chi connectivity index (χ3n) is 3.98. The number of halogens is 1. The molecule has 0 aliphatic carbocycles. The molecule has 7 heteroatoms. The molecule has 29 heavy (non-hydrogen) atoms. The smallest absolute Gasteiger partial charge is 0.342 e.